The van der Waals surface area contributed by atoms with E-state index >= 15 is 0 Å². The summed E-state index contributed by atoms with van der Waals surface area (Å²) in [5, 5.41) is 22.3. The van der Waals surface area contributed by atoms with Crippen molar-refractivity contribution in [2.45, 2.75) is 38.6 Å². The molecule has 2 heterocycles. The van der Waals surface area contributed by atoms with Crippen molar-refractivity contribution in [1.82, 2.24) is 26.2 Å². The van der Waals surface area contributed by atoms with Gasteiger partial charge in [-0.15, -0.1) is 0 Å². The van der Waals surface area contributed by atoms with Crippen molar-refractivity contribution in [3.8, 4) is 0 Å². The molecule has 12 nitrogen and oxygen atoms in total. The SMILES string of the molecule is COC(=O)[C@H](CNC(=O)C1CCN(C(O)C(C)CNC2=NCCN2)CC1)NC(=O)OCc1ccccc1. The molecular weight excluding hydrogens is 480 g/mol. The number of esters is 1. The standard InChI is InChI=1S/C25H38N6O6/c1-17(14-29-24-26-10-11-27-24)22(33)31-12-8-19(9-13-31)21(32)28-15-20(23(34)36-2)30-25(35)37-16-18-6-4-3-5-7-18/h3-7,17,19-20,22,33H,8-16H2,1-2H3,(H,28,32)(H,30,35)(H2,26,27,29)/t17?,20-,22?/m0/s1. The molecule has 0 radical (unpaired) electrons. The van der Waals surface area contributed by atoms with Gasteiger partial charge in [-0.25, -0.2) is 9.59 Å². The molecule has 1 fully saturated rings. The number of rotatable bonds is 11. The summed E-state index contributed by atoms with van der Waals surface area (Å²) >= 11 is 0. The van der Waals surface area contributed by atoms with Gasteiger partial charge in [0, 0.05) is 44.6 Å². The fraction of sp³-hybridized carbons (Fsp3) is 0.600. The second-order valence-electron chi connectivity index (χ2n) is 9.27. The lowest BCUT2D eigenvalue weighted by atomic mass is 9.94. The zero-order valence-corrected chi connectivity index (χ0v) is 21.4. The van der Waals surface area contributed by atoms with Crippen molar-refractivity contribution in [2.75, 3.05) is 46.4 Å². The number of benzene rings is 1. The van der Waals surface area contributed by atoms with Gasteiger partial charge in [0.25, 0.3) is 0 Å². The summed E-state index contributed by atoms with van der Waals surface area (Å²) in [6.45, 7) is 5.22. The molecule has 1 saturated heterocycles. The average molecular weight is 519 g/mol. The van der Waals surface area contributed by atoms with Crippen LogP contribution in [0.15, 0.2) is 35.3 Å². The van der Waals surface area contributed by atoms with Crippen LogP contribution in [0.3, 0.4) is 0 Å². The fourth-order valence-corrected chi connectivity index (χ4v) is 4.26. The lowest BCUT2D eigenvalue weighted by Gasteiger charge is -2.37. The van der Waals surface area contributed by atoms with Gasteiger partial charge in [0.15, 0.2) is 5.96 Å². The van der Waals surface area contributed by atoms with E-state index in [-0.39, 0.29) is 30.9 Å². The molecule has 3 atom stereocenters. The van der Waals surface area contributed by atoms with Crippen LogP contribution in [0, 0.1) is 11.8 Å². The van der Waals surface area contributed by atoms with Crippen LogP contribution in [0.1, 0.15) is 25.3 Å². The number of alkyl carbamates (subject to hydrolysis) is 1. The lowest BCUT2D eigenvalue weighted by molar-refractivity contribution is -0.143. The van der Waals surface area contributed by atoms with Gasteiger partial charge in [-0.3, -0.25) is 14.7 Å². The number of hydrogen-bond donors (Lipinski definition) is 5. The van der Waals surface area contributed by atoms with Crippen molar-refractivity contribution < 1.29 is 29.0 Å². The van der Waals surface area contributed by atoms with Gasteiger partial charge in [0.2, 0.25) is 5.91 Å². The van der Waals surface area contributed by atoms with E-state index in [1.807, 2.05) is 42.2 Å². The van der Waals surface area contributed by atoms with Gasteiger partial charge >= 0.3 is 12.1 Å². The molecule has 0 bridgehead atoms. The molecule has 1 aromatic carbocycles. The number of aliphatic imine (C=N–C) groups is 1. The molecule has 2 unspecified atom stereocenters. The first kappa shape index (κ1) is 28.2. The van der Waals surface area contributed by atoms with Crippen molar-refractivity contribution in [2.24, 2.45) is 16.8 Å². The Hall–Kier alpha value is -3.38. The monoisotopic (exact) mass is 518 g/mol. The minimum atomic E-state index is -1.08. The van der Waals surface area contributed by atoms with E-state index in [9.17, 15) is 19.5 Å². The maximum Gasteiger partial charge on any atom is 0.408 e. The first-order valence-electron chi connectivity index (χ1n) is 12.6. The van der Waals surface area contributed by atoms with Crippen LogP contribution in [0.2, 0.25) is 0 Å². The highest BCUT2D eigenvalue weighted by atomic mass is 16.6. The van der Waals surface area contributed by atoms with E-state index in [1.54, 1.807) is 0 Å². The third-order valence-corrected chi connectivity index (χ3v) is 6.52. The number of piperidine rings is 1. The van der Waals surface area contributed by atoms with E-state index < -0.39 is 24.3 Å². The molecule has 3 rings (SSSR count). The van der Waals surface area contributed by atoms with Gasteiger partial charge < -0.3 is 35.8 Å². The Balaban J connectivity index is 1.39. The van der Waals surface area contributed by atoms with Gasteiger partial charge in [0.05, 0.1) is 13.7 Å². The van der Waals surface area contributed by atoms with Gasteiger partial charge in [-0.1, -0.05) is 37.3 Å². The topological polar surface area (TPSA) is 154 Å². The molecule has 2 aliphatic rings. The van der Waals surface area contributed by atoms with Crippen LogP contribution >= 0.6 is 0 Å². The summed E-state index contributed by atoms with van der Waals surface area (Å²) < 4.78 is 9.92. The molecule has 204 valence electrons. The highest BCUT2D eigenvalue weighted by Gasteiger charge is 2.31. The number of carbonyl (C=O) groups is 3. The summed E-state index contributed by atoms with van der Waals surface area (Å²) in [5.41, 5.74) is 0.808. The van der Waals surface area contributed by atoms with E-state index in [2.05, 4.69) is 26.3 Å². The van der Waals surface area contributed by atoms with Crippen molar-refractivity contribution >= 4 is 23.9 Å². The average Bonchev–Trinajstić information content (AvgIpc) is 3.46. The summed E-state index contributed by atoms with van der Waals surface area (Å²) in [6.07, 6.45) is -0.261. The Morgan fingerprint density at radius 2 is 1.92 bits per heavy atom. The Morgan fingerprint density at radius 3 is 2.57 bits per heavy atom. The highest BCUT2D eigenvalue weighted by Crippen LogP contribution is 2.21. The maximum absolute atomic E-state index is 12.8. The van der Waals surface area contributed by atoms with Crippen LogP contribution in [0.5, 0.6) is 0 Å². The van der Waals surface area contributed by atoms with E-state index in [0.717, 1.165) is 24.6 Å². The number of hydrogen-bond acceptors (Lipinski definition) is 10. The van der Waals surface area contributed by atoms with Crippen LogP contribution in [-0.2, 0) is 25.7 Å². The van der Waals surface area contributed by atoms with Crippen LogP contribution in [0.25, 0.3) is 0 Å². The highest BCUT2D eigenvalue weighted by molar-refractivity contribution is 5.83. The second-order valence-corrected chi connectivity index (χ2v) is 9.27. The first-order chi connectivity index (χ1) is 17.9. The lowest BCUT2D eigenvalue weighted by Crippen LogP contribution is -2.52. The van der Waals surface area contributed by atoms with Crippen molar-refractivity contribution in [3.63, 3.8) is 0 Å². The molecule has 5 N–H and O–H groups in total. The second kappa shape index (κ2) is 14.4. The first-order valence-corrected chi connectivity index (χ1v) is 12.6. The number of likely N-dealkylation sites (tertiary alicyclic amines) is 1. The maximum atomic E-state index is 12.8. The summed E-state index contributed by atoms with van der Waals surface area (Å²) in [7, 11) is 1.21. The zero-order valence-electron chi connectivity index (χ0n) is 21.4. The van der Waals surface area contributed by atoms with Crippen LogP contribution in [0.4, 0.5) is 4.79 Å². The Bertz CT molecular complexity index is 922. The van der Waals surface area contributed by atoms with Crippen LogP contribution in [-0.4, -0.2) is 92.6 Å². The number of methoxy groups -OCH3 is 1. The van der Waals surface area contributed by atoms with Gasteiger partial charge in [-0.2, -0.15) is 0 Å². The zero-order chi connectivity index (χ0) is 26.6. The minimum absolute atomic E-state index is 0.0241. The molecule has 12 heteroatoms. The number of aliphatic hydroxyl groups excluding tert-OH is 1. The smallest absolute Gasteiger partial charge is 0.408 e. The Labute approximate surface area is 217 Å². The number of ether oxygens (including phenoxy) is 2. The minimum Gasteiger partial charge on any atom is -0.467 e. The van der Waals surface area contributed by atoms with E-state index in [1.165, 1.54) is 7.11 Å². The molecule has 2 aliphatic heterocycles. The molecule has 0 spiro atoms. The fourth-order valence-electron chi connectivity index (χ4n) is 4.26. The Morgan fingerprint density at radius 1 is 1.19 bits per heavy atom. The molecule has 0 saturated carbocycles. The van der Waals surface area contributed by atoms with Gasteiger partial charge in [0.1, 0.15) is 18.9 Å². The third-order valence-electron chi connectivity index (χ3n) is 6.52. The quantitative estimate of drug-likeness (QED) is 0.250. The summed E-state index contributed by atoms with van der Waals surface area (Å²) in [6, 6.07) is 8.07. The predicted molar refractivity (Wildman–Crippen MR) is 136 cm³/mol. The van der Waals surface area contributed by atoms with Crippen molar-refractivity contribution in [1.29, 1.82) is 0 Å². The molecule has 0 aromatic heterocycles. The Kier molecular flexibility index (Phi) is 11.0. The van der Waals surface area contributed by atoms with Crippen LogP contribution < -0.4 is 21.3 Å². The number of nitrogens with one attached hydrogen (secondary N) is 4. The molecule has 0 aliphatic carbocycles. The predicted octanol–water partition coefficient (Wildman–Crippen LogP) is -0.214. The van der Waals surface area contributed by atoms with Gasteiger partial charge in [-0.05, 0) is 18.4 Å². The number of aliphatic hydroxyl groups is 1. The number of amides is 2. The number of nitrogens with zero attached hydrogens (tertiary/aromatic N) is 2. The molecule has 2 amide bonds. The number of carbonyl (C=O) groups excluding carboxylic acids is 3. The molecule has 1 aromatic rings. The largest absolute Gasteiger partial charge is 0.467 e. The third kappa shape index (κ3) is 8.90. The molecular formula is C25H38N6O6. The van der Waals surface area contributed by atoms with Crippen molar-refractivity contribution in [3.05, 3.63) is 35.9 Å². The normalized spacial score (nSPS) is 18.5. The summed E-state index contributed by atoms with van der Waals surface area (Å²) in [5.74, 6) is -0.404. The summed E-state index contributed by atoms with van der Waals surface area (Å²) in [4.78, 5) is 43.3. The number of guanidine groups is 1. The molecule has 37 heavy (non-hydrogen) atoms. The van der Waals surface area contributed by atoms with E-state index in [0.29, 0.717) is 32.5 Å². The van der Waals surface area contributed by atoms with E-state index in [4.69, 9.17) is 9.47 Å².